The van der Waals surface area contributed by atoms with Crippen molar-refractivity contribution in [1.82, 2.24) is 0 Å². The van der Waals surface area contributed by atoms with E-state index in [4.69, 9.17) is 14.2 Å². The van der Waals surface area contributed by atoms with Crippen LogP contribution in [0.15, 0.2) is 0 Å². The molecule has 2 saturated heterocycles. The van der Waals surface area contributed by atoms with Crippen LogP contribution >= 0.6 is 0 Å². The topological polar surface area (TPSA) is 47.9 Å². The third-order valence-electron chi connectivity index (χ3n) is 3.50. The van der Waals surface area contributed by atoms with Crippen LogP contribution in [0.25, 0.3) is 0 Å². The zero-order valence-corrected chi connectivity index (χ0v) is 10.9. The lowest BCUT2D eigenvalue weighted by atomic mass is 10.0. The molecule has 2 heterocycles. The Kier molecular flexibility index (Phi) is 4.42. The molecule has 0 spiro atoms. The maximum atomic E-state index is 9.93. The van der Waals surface area contributed by atoms with Crippen molar-refractivity contribution in [2.24, 2.45) is 0 Å². The Morgan fingerprint density at radius 1 is 1.24 bits per heavy atom. The van der Waals surface area contributed by atoms with E-state index in [9.17, 15) is 5.11 Å². The van der Waals surface area contributed by atoms with E-state index in [0.29, 0.717) is 6.61 Å². The molecule has 0 saturated carbocycles. The van der Waals surface area contributed by atoms with Gasteiger partial charge in [-0.05, 0) is 46.0 Å². The van der Waals surface area contributed by atoms with Crippen LogP contribution in [0.5, 0.6) is 0 Å². The predicted octanol–water partition coefficient (Wildman–Crippen LogP) is 1.85. The molecule has 4 heteroatoms. The summed E-state index contributed by atoms with van der Waals surface area (Å²) in [6.07, 6.45) is 4.54. The van der Waals surface area contributed by atoms with Crippen molar-refractivity contribution >= 4 is 0 Å². The van der Waals surface area contributed by atoms with Crippen LogP contribution < -0.4 is 0 Å². The minimum Gasteiger partial charge on any atom is -0.390 e. The van der Waals surface area contributed by atoms with Crippen molar-refractivity contribution in [2.75, 3.05) is 13.2 Å². The molecule has 0 aromatic carbocycles. The van der Waals surface area contributed by atoms with Gasteiger partial charge in [-0.1, -0.05) is 0 Å². The van der Waals surface area contributed by atoms with Gasteiger partial charge in [-0.3, -0.25) is 0 Å². The smallest absolute Gasteiger partial charge is 0.163 e. The summed E-state index contributed by atoms with van der Waals surface area (Å²) in [6, 6.07) is 0. The van der Waals surface area contributed by atoms with Gasteiger partial charge in [-0.15, -0.1) is 0 Å². The Bertz CT molecular complexity index is 242. The average molecular weight is 244 g/mol. The summed E-state index contributed by atoms with van der Waals surface area (Å²) in [7, 11) is 0. The molecule has 1 N–H and O–H groups in total. The van der Waals surface area contributed by atoms with E-state index in [1.54, 1.807) is 0 Å². The monoisotopic (exact) mass is 244 g/mol. The molecule has 0 aromatic rings. The number of aliphatic hydroxyl groups is 1. The van der Waals surface area contributed by atoms with Crippen LogP contribution in [0.3, 0.4) is 0 Å². The van der Waals surface area contributed by atoms with Crippen molar-refractivity contribution < 1.29 is 19.3 Å². The van der Waals surface area contributed by atoms with Crippen LogP contribution in [-0.2, 0) is 14.2 Å². The molecule has 1 unspecified atom stereocenters. The third-order valence-corrected chi connectivity index (χ3v) is 3.50. The summed E-state index contributed by atoms with van der Waals surface area (Å²) < 4.78 is 16.9. The van der Waals surface area contributed by atoms with Gasteiger partial charge in [0.25, 0.3) is 0 Å². The molecule has 0 amide bonds. The van der Waals surface area contributed by atoms with Gasteiger partial charge in [0, 0.05) is 6.61 Å². The zero-order chi connectivity index (χ0) is 12.3. The molecule has 0 aliphatic carbocycles. The minimum atomic E-state index is -0.451. The normalized spacial score (nSPS) is 37.9. The van der Waals surface area contributed by atoms with Crippen LogP contribution in [0.2, 0.25) is 0 Å². The van der Waals surface area contributed by atoms with Gasteiger partial charge in [0.2, 0.25) is 0 Å². The van der Waals surface area contributed by atoms with Crippen LogP contribution in [-0.4, -0.2) is 42.4 Å². The summed E-state index contributed by atoms with van der Waals surface area (Å²) in [5.41, 5.74) is 0. The van der Waals surface area contributed by atoms with Crippen molar-refractivity contribution in [3.05, 3.63) is 0 Å². The van der Waals surface area contributed by atoms with E-state index >= 15 is 0 Å². The average Bonchev–Trinajstić information content (AvgIpc) is 2.48. The molecular formula is C13H24O4. The first-order chi connectivity index (χ1) is 8.07. The lowest BCUT2D eigenvalue weighted by Gasteiger charge is -2.22. The van der Waals surface area contributed by atoms with Crippen molar-refractivity contribution in [3.8, 4) is 0 Å². The number of ether oxygens (including phenoxy) is 3. The van der Waals surface area contributed by atoms with Crippen molar-refractivity contribution in [1.29, 1.82) is 0 Å². The summed E-state index contributed by atoms with van der Waals surface area (Å²) in [6.45, 7) is 5.29. The summed E-state index contributed by atoms with van der Waals surface area (Å²) in [5, 5.41) is 9.93. The molecule has 2 aliphatic rings. The van der Waals surface area contributed by atoms with Crippen LogP contribution in [0, 0.1) is 0 Å². The first kappa shape index (κ1) is 13.3. The highest BCUT2D eigenvalue weighted by Crippen LogP contribution is 2.26. The first-order valence-electron chi connectivity index (χ1n) is 6.68. The van der Waals surface area contributed by atoms with Gasteiger partial charge >= 0.3 is 0 Å². The van der Waals surface area contributed by atoms with E-state index < -0.39 is 5.79 Å². The molecule has 0 radical (unpaired) electrons. The van der Waals surface area contributed by atoms with Gasteiger partial charge in [-0.2, -0.15) is 0 Å². The zero-order valence-electron chi connectivity index (χ0n) is 10.9. The molecular weight excluding hydrogens is 220 g/mol. The third kappa shape index (κ3) is 3.91. The molecule has 0 bridgehead atoms. The Labute approximate surface area is 103 Å². The molecule has 100 valence electrons. The SMILES string of the molecule is CC1(C)OCC(CC[C@H]2OCCCC[C@@H]2O)O1. The van der Waals surface area contributed by atoms with Gasteiger partial charge in [0.05, 0.1) is 24.9 Å². The van der Waals surface area contributed by atoms with E-state index in [1.165, 1.54) is 0 Å². The molecule has 2 aliphatic heterocycles. The van der Waals surface area contributed by atoms with E-state index in [-0.39, 0.29) is 18.3 Å². The minimum absolute atomic E-state index is 0.0233. The number of hydrogen-bond donors (Lipinski definition) is 1. The van der Waals surface area contributed by atoms with Crippen LogP contribution in [0.1, 0.15) is 46.0 Å². The largest absolute Gasteiger partial charge is 0.390 e. The maximum absolute atomic E-state index is 9.93. The van der Waals surface area contributed by atoms with Crippen molar-refractivity contribution in [2.45, 2.75) is 70.1 Å². The summed E-state index contributed by atoms with van der Waals surface area (Å²) >= 11 is 0. The Balaban J connectivity index is 1.73. The van der Waals surface area contributed by atoms with E-state index in [0.717, 1.165) is 38.7 Å². The molecule has 2 rings (SSSR count). The highest BCUT2D eigenvalue weighted by molar-refractivity contribution is 4.77. The lowest BCUT2D eigenvalue weighted by molar-refractivity contribution is -0.140. The quantitative estimate of drug-likeness (QED) is 0.823. The molecule has 4 nitrogen and oxygen atoms in total. The summed E-state index contributed by atoms with van der Waals surface area (Å²) in [4.78, 5) is 0. The van der Waals surface area contributed by atoms with Crippen molar-refractivity contribution in [3.63, 3.8) is 0 Å². The molecule has 3 atom stereocenters. The van der Waals surface area contributed by atoms with Gasteiger partial charge in [-0.25, -0.2) is 0 Å². The number of aliphatic hydroxyl groups excluding tert-OH is 1. The fourth-order valence-corrected chi connectivity index (χ4v) is 2.52. The first-order valence-corrected chi connectivity index (χ1v) is 6.68. The standard InChI is InChI=1S/C13H24O4/c1-13(2)16-9-10(17-13)6-7-12-11(14)5-3-4-8-15-12/h10-12,14H,3-9H2,1-2H3/t10?,11-,12+/m0/s1. The molecule has 17 heavy (non-hydrogen) atoms. The Morgan fingerprint density at radius 2 is 2.06 bits per heavy atom. The highest BCUT2D eigenvalue weighted by Gasteiger charge is 2.33. The second-order valence-corrected chi connectivity index (χ2v) is 5.50. The van der Waals surface area contributed by atoms with Gasteiger partial charge < -0.3 is 19.3 Å². The number of hydrogen-bond acceptors (Lipinski definition) is 4. The Hall–Kier alpha value is -0.160. The molecule has 0 aromatic heterocycles. The fraction of sp³-hybridized carbons (Fsp3) is 1.00. The number of rotatable bonds is 3. The predicted molar refractivity (Wildman–Crippen MR) is 63.7 cm³/mol. The van der Waals surface area contributed by atoms with Gasteiger partial charge in [0.1, 0.15) is 0 Å². The Morgan fingerprint density at radius 3 is 2.76 bits per heavy atom. The second-order valence-electron chi connectivity index (χ2n) is 5.50. The summed E-state index contributed by atoms with van der Waals surface area (Å²) in [5.74, 6) is -0.451. The van der Waals surface area contributed by atoms with E-state index in [1.807, 2.05) is 13.8 Å². The lowest BCUT2D eigenvalue weighted by Crippen LogP contribution is -2.29. The van der Waals surface area contributed by atoms with E-state index in [2.05, 4.69) is 0 Å². The maximum Gasteiger partial charge on any atom is 0.163 e. The highest BCUT2D eigenvalue weighted by atomic mass is 16.7. The second kappa shape index (κ2) is 5.65. The molecule has 2 fully saturated rings. The van der Waals surface area contributed by atoms with Crippen LogP contribution in [0.4, 0.5) is 0 Å². The van der Waals surface area contributed by atoms with Gasteiger partial charge in [0.15, 0.2) is 5.79 Å². The fourth-order valence-electron chi connectivity index (χ4n) is 2.52.